The van der Waals surface area contributed by atoms with Gasteiger partial charge in [0.1, 0.15) is 11.4 Å². The Kier molecular flexibility index (Phi) is 2.19. The fourth-order valence-corrected chi connectivity index (χ4v) is 2.96. The SMILES string of the molecule is CN1CCC2(C[C@H](N)c3ccccc3O2)C1. The van der Waals surface area contributed by atoms with Gasteiger partial charge in [-0.3, -0.25) is 0 Å². The molecule has 1 saturated heterocycles. The van der Waals surface area contributed by atoms with Crippen molar-refractivity contribution in [1.82, 2.24) is 4.90 Å². The molecule has 0 aromatic heterocycles. The summed E-state index contributed by atoms with van der Waals surface area (Å²) in [5.74, 6) is 0.983. The zero-order valence-electron chi connectivity index (χ0n) is 9.65. The molecule has 16 heavy (non-hydrogen) atoms. The second-order valence-corrected chi connectivity index (χ2v) is 5.12. The lowest BCUT2D eigenvalue weighted by atomic mass is 9.87. The van der Waals surface area contributed by atoms with Gasteiger partial charge in [0, 0.05) is 37.5 Å². The van der Waals surface area contributed by atoms with Crippen LogP contribution in [0.15, 0.2) is 24.3 Å². The molecule has 2 N–H and O–H groups in total. The number of nitrogens with two attached hydrogens (primary N) is 1. The molecule has 2 aliphatic rings. The lowest BCUT2D eigenvalue weighted by Crippen LogP contribution is -2.44. The molecule has 3 heteroatoms. The van der Waals surface area contributed by atoms with Crippen LogP contribution in [-0.2, 0) is 0 Å². The molecular formula is C13H18N2O. The Morgan fingerprint density at radius 2 is 2.25 bits per heavy atom. The summed E-state index contributed by atoms with van der Waals surface area (Å²) >= 11 is 0. The third-order valence-electron chi connectivity index (χ3n) is 3.74. The molecule has 86 valence electrons. The van der Waals surface area contributed by atoms with Crippen molar-refractivity contribution < 1.29 is 4.74 Å². The molecule has 1 fully saturated rings. The van der Waals surface area contributed by atoms with Gasteiger partial charge in [0.15, 0.2) is 0 Å². The van der Waals surface area contributed by atoms with Crippen LogP contribution >= 0.6 is 0 Å². The third-order valence-corrected chi connectivity index (χ3v) is 3.74. The van der Waals surface area contributed by atoms with Crippen molar-refractivity contribution in [2.45, 2.75) is 24.5 Å². The predicted molar refractivity (Wildman–Crippen MR) is 63.5 cm³/mol. The van der Waals surface area contributed by atoms with Crippen molar-refractivity contribution in [3.05, 3.63) is 29.8 Å². The monoisotopic (exact) mass is 218 g/mol. The van der Waals surface area contributed by atoms with Crippen LogP contribution in [0.3, 0.4) is 0 Å². The van der Waals surface area contributed by atoms with Crippen LogP contribution in [0.1, 0.15) is 24.4 Å². The smallest absolute Gasteiger partial charge is 0.125 e. The average molecular weight is 218 g/mol. The average Bonchev–Trinajstić information content (AvgIpc) is 2.59. The highest BCUT2D eigenvalue weighted by Crippen LogP contribution is 2.42. The van der Waals surface area contributed by atoms with E-state index < -0.39 is 0 Å². The molecule has 0 radical (unpaired) electrons. The molecule has 3 rings (SSSR count). The highest BCUT2D eigenvalue weighted by molar-refractivity contribution is 5.39. The first-order valence-electron chi connectivity index (χ1n) is 5.91. The number of ether oxygens (including phenoxy) is 1. The molecule has 1 spiro atoms. The Hall–Kier alpha value is -1.06. The van der Waals surface area contributed by atoms with Crippen molar-refractivity contribution in [3.63, 3.8) is 0 Å². The number of hydrogen-bond donors (Lipinski definition) is 1. The molecule has 3 nitrogen and oxygen atoms in total. The first-order valence-corrected chi connectivity index (χ1v) is 5.91. The van der Waals surface area contributed by atoms with Gasteiger partial charge in [0.2, 0.25) is 0 Å². The minimum Gasteiger partial charge on any atom is -0.485 e. The van der Waals surface area contributed by atoms with Gasteiger partial charge in [0.05, 0.1) is 0 Å². The predicted octanol–water partition coefficient (Wildman–Crippen LogP) is 1.54. The zero-order chi connectivity index (χ0) is 11.2. The molecule has 1 aromatic carbocycles. The van der Waals surface area contributed by atoms with Crippen LogP contribution in [0, 0.1) is 0 Å². The molecule has 0 saturated carbocycles. The lowest BCUT2D eigenvalue weighted by molar-refractivity contribution is 0.0466. The zero-order valence-corrected chi connectivity index (χ0v) is 9.65. The van der Waals surface area contributed by atoms with Crippen LogP contribution in [-0.4, -0.2) is 30.6 Å². The van der Waals surface area contributed by atoms with Crippen LogP contribution in [0.25, 0.3) is 0 Å². The summed E-state index contributed by atoms with van der Waals surface area (Å²) in [6.45, 7) is 2.10. The highest BCUT2D eigenvalue weighted by atomic mass is 16.5. The summed E-state index contributed by atoms with van der Waals surface area (Å²) in [5, 5.41) is 0. The Bertz CT molecular complexity index is 407. The Balaban J connectivity index is 1.95. The molecule has 2 aliphatic heterocycles. The van der Waals surface area contributed by atoms with E-state index in [-0.39, 0.29) is 11.6 Å². The van der Waals surface area contributed by atoms with Crippen molar-refractivity contribution >= 4 is 0 Å². The van der Waals surface area contributed by atoms with Crippen LogP contribution in [0.4, 0.5) is 0 Å². The summed E-state index contributed by atoms with van der Waals surface area (Å²) in [5.41, 5.74) is 7.36. The number of hydrogen-bond acceptors (Lipinski definition) is 3. The number of fused-ring (bicyclic) bond motifs is 1. The van der Waals surface area contributed by atoms with Gasteiger partial charge in [-0.15, -0.1) is 0 Å². The number of likely N-dealkylation sites (N-methyl/N-ethyl adjacent to an activating group) is 1. The maximum Gasteiger partial charge on any atom is 0.125 e. The van der Waals surface area contributed by atoms with Crippen LogP contribution < -0.4 is 10.5 Å². The van der Waals surface area contributed by atoms with Crippen molar-refractivity contribution in [2.24, 2.45) is 5.73 Å². The molecule has 2 heterocycles. The Morgan fingerprint density at radius 3 is 3.00 bits per heavy atom. The minimum atomic E-state index is -0.0392. The topological polar surface area (TPSA) is 38.5 Å². The molecule has 0 amide bonds. The molecule has 0 aliphatic carbocycles. The molecule has 2 atom stereocenters. The van der Waals surface area contributed by atoms with Crippen LogP contribution in [0.2, 0.25) is 0 Å². The molecule has 0 bridgehead atoms. The standard InChI is InChI=1S/C13H18N2O/c1-15-7-6-13(9-15)8-11(14)10-4-2-3-5-12(10)16-13/h2-5,11H,6-9,14H2,1H3/t11-,13?/m0/s1. The summed E-state index contributed by atoms with van der Waals surface area (Å²) in [7, 11) is 2.14. The molecule has 1 aromatic rings. The van der Waals surface area contributed by atoms with Gasteiger partial charge in [-0.2, -0.15) is 0 Å². The summed E-state index contributed by atoms with van der Waals surface area (Å²) in [6.07, 6.45) is 2.03. The van der Waals surface area contributed by atoms with E-state index in [9.17, 15) is 0 Å². The maximum atomic E-state index is 6.25. The van der Waals surface area contributed by atoms with Gasteiger partial charge in [-0.05, 0) is 13.1 Å². The van der Waals surface area contributed by atoms with Gasteiger partial charge < -0.3 is 15.4 Å². The molecular weight excluding hydrogens is 200 g/mol. The molecule has 1 unspecified atom stereocenters. The van der Waals surface area contributed by atoms with E-state index in [2.05, 4.69) is 18.0 Å². The first-order chi connectivity index (χ1) is 7.69. The van der Waals surface area contributed by atoms with Crippen molar-refractivity contribution in [3.8, 4) is 5.75 Å². The minimum absolute atomic E-state index is 0.0392. The number of para-hydroxylation sites is 1. The third kappa shape index (κ3) is 1.51. The lowest BCUT2D eigenvalue weighted by Gasteiger charge is -2.38. The quantitative estimate of drug-likeness (QED) is 0.718. The maximum absolute atomic E-state index is 6.25. The van der Waals surface area contributed by atoms with Gasteiger partial charge in [-0.1, -0.05) is 18.2 Å². The van der Waals surface area contributed by atoms with E-state index in [0.29, 0.717) is 0 Å². The number of likely N-dealkylation sites (tertiary alicyclic amines) is 1. The van der Waals surface area contributed by atoms with E-state index in [0.717, 1.165) is 37.2 Å². The Labute approximate surface area is 96.2 Å². The van der Waals surface area contributed by atoms with E-state index in [1.165, 1.54) is 0 Å². The van der Waals surface area contributed by atoms with E-state index >= 15 is 0 Å². The summed E-state index contributed by atoms with van der Waals surface area (Å²) in [6, 6.07) is 8.28. The number of nitrogens with zero attached hydrogens (tertiary/aromatic N) is 1. The summed E-state index contributed by atoms with van der Waals surface area (Å²) < 4.78 is 6.20. The second-order valence-electron chi connectivity index (χ2n) is 5.12. The first kappa shape index (κ1) is 10.1. The van der Waals surface area contributed by atoms with E-state index in [4.69, 9.17) is 10.5 Å². The highest BCUT2D eigenvalue weighted by Gasteiger charge is 2.43. The normalized spacial score (nSPS) is 33.8. The second kappa shape index (κ2) is 3.47. The van der Waals surface area contributed by atoms with Crippen molar-refractivity contribution in [2.75, 3.05) is 20.1 Å². The number of rotatable bonds is 0. The fraction of sp³-hybridized carbons (Fsp3) is 0.538. The van der Waals surface area contributed by atoms with Gasteiger partial charge in [-0.25, -0.2) is 0 Å². The largest absolute Gasteiger partial charge is 0.485 e. The van der Waals surface area contributed by atoms with Crippen LogP contribution in [0.5, 0.6) is 5.75 Å². The van der Waals surface area contributed by atoms with Crippen molar-refractivity contribution in [1.29, 1.82) is 0 Å². The fourth-order valence-electron chi connectivity index (χ4n) is 2.96. The summed E-state index contributed by atoms with van der Waals surface area (Å²) in [4.78, 5) is 2.32. The van der Waals surface area contributed by atoms with Gasteiger partial charge >= 0.3 is 0 Å². The Morgan fingerprint density at radius 1 is 1.44 bits per heavy atom. The van der Waals surface area contributed by atoms with E-state index in [1.807, 2.05) is 18.2 Å². The van der Waals surface area contributed by atoms with E-state index in [1.54, 1.807) is 0 Å². The number of benzene rings is 1. The van der Waals surface area contributed by atoms with Gasteiger partial charge in [0.25, 0.3) is 0 Å².